The maximum atomic E-state index is 15.4. The smallest absolute Gasteiger partial charge is 0.280 e. The van der Waals surface area contributed by atoms with Crippen molar-refractivity contribution in [1.29, 1.82) is 0 Å². The van der Waals surface area contributed by atoms with Crippen molar-refractivity contribution in [3.05, 3.63) is 59.0 Å². The number of H-pyrrole nitrogens is 1. The first-order valence-corrected chi connectivity index (χ1v) is 10.2. The van der Waals surface area contributed by atoms with Crippen molar-refractivity contribution in [3.63, 3.8) is 0 Å². The van der Waals surface area contributed by atoms with Gasteiger partial charge in [-0.05, 0) is 55.0 Å². The van der Waals surface area contributed by atoms with Crippen LogP contribution < -0.4 is 0 Å². The zero-order valence-electron chi connectivity index (χ0n) is 16.3. The number of nitrogens with one attached hydrogen (secondary N) is 1. The predicted molar refractivity (Wildman–Crippen MR) is 106 cm³/mol. The van der Waals surface area contributed by atoms with E-state index in [1.54, 1.807) is 29.4 Å². The minimum Gasteiger partial charge on any atom is -0.382 e. The van der Waals surface area contributed by atoms with Crippen LogP contribution in [0, 0.1) is 5.92 Å². The Balaban J connectivity index is 1.35. The number of likely N-dealkylation sites (tertiary alicyclic amines) is 1. The van der Waals surface area contributed by atoms with Gasteiger partial charge in [0.05, 0.1) is 17.3 Å². The number of carbonyl (C=O) groups excluding carboxylic acids is 1. The van der Waals surface area contributed by atoms with Crippen molar-refractivity contribution in [3.8, 4) is 0 Å². The normalized spacial score (nSPS) is 18.2. The number of benzene rings is 1. The van der Waals surface area contributed by atoms with E-state index in [4.69, 9.17) is 0 Å². The van der Waals surface area contributed by atoms with Gasteiger partial charge in [-0.1, -0.05) is 0 Å². The number of pyridine rings is 1. The van der Waals surface area contributed by atoms with Crippen LogP contribution in [0.25, 0.3) is 10.9 Å². The monoisotopic (exact) mass is 412 g/mol. The Bertz CT molecular complexity index is 1090. The molecule has 3 aromatic rings. The van der Waals surface area contributed by atoms with Crippen LogP contribution in [0.4, 0.5) is 8.78 Å². The highest BCUT2D eigenvalue weighted by molar-refractivity contribution is 5.93. The van der Waals surface area contributed by atoms with E-state index in [1.807, 2.05) is 6.07 Å². The van der Waals surface area contributed by atoms with Gasteiger partial charge < -0.3 is 10.0 Å². The first-order chi connectivity index (χ1) is 14.5. The number of hydrogen-bond donors (Lipinski definition) is 2. The Morgan fingerprint density at radius 1 is 1.27 bits per heavy atom. The topological polar surface area (TPSA) is 82.1 Å². The summed E-state index contributed by atoms with van der Waals surface area (Å²) in [5, 5.41) is 18.3. The van der Waals surface area contributed by atoms with Crippen molar-refractivity contribution in [2.24, 2.45) is 5.92 Å². The molecule has 1 fully saturated rings. The standard InChI is InChI=1S/C22H22F2N4O2/c23-22(24,16-5-8-28(9-6-16)21(30)14-2-1-7-25-11-14)20(29)18-17-4-3-13(17)10-15-12-26-27-19(15)18/h1-2,7,10-12,16,20,29H,3-6,8-9H2,(H,26,27)/t20-/m1/s1. The maximum absolute atomic E-state index is 15.4. The molecule has 0 radical (unpaired) electrons. The molecule has 0 saturated carbocycles. The highest BCUT2D eigenvalue weighted by Crippen LogP contribution is 2.47. The predicted octanol–water partition coefficient (Wildman–Crippen LogP) is 3.28. The molecule has 1 atom stereocenters. The summed E-state index contributed by atoms with van der Waals surface area (Å²) in [4.78, 5) is 18.1. The molecule has 1 aliphatic heterocycles. The van der Waals surface area contributed by atoms with E-state index in [0.717, 1.165) is 22.9 Å². The highest BCUT2D eigenvalue weighted by atomic mass is 19.3. The molecule has 1 saturated heterocycles. The quantitative estimate of drug-likeness (QED) is 0.689. The zero-order chi connectivity index (χ0) is 20.9. The van der Waals surface area contributed by atoms with Gasteiger partial charge in [-0.15, -0.1) is 0 Å². The number of aromatic amines is 1. The number of rotatable bonds is 4. The number of alkyl halides is 2. The van der Waals surface area contributed by atoms with Crippen LogP contribution >= 0.6 is 0 Å². The summed E-state index contributed by atoms with van der Waals surface area (Å²) < 4.78 is 30.8. The lowest BCUT2D eigenvalue weighted by atomic mass is 9.77. The number of piperidine rings is 1. The van der Waals surface area contributed by atoms with E-state index in [9.17, 15) is 9.90 Å². The average molecular weight is 412 g/mol. The Kier molecular flexibility index (Phi) is 4.54. The third kappa shape index (κ3) is 2.98. The Morgan fingerprint density at radius 3 is 2.73 bits per heavy atom. The Labute approximate surface area is 171 Å². The van der Waals surface area contributed by atoms with Gasteiger partial charge in [-0.25, -0.2) is 8.78 Å². The molecule has 8 heteroatoms. The summed E-state index contributed by atoms with van der Waals surface area (Å²) >= 11 is 0. The van der Waals surface area contributed by atoms with Crippen LogP contribution in [0.1, 0.15) is 46.0 Å². The number of fused-ring (bicyclic) bond motifs is 2. The van der Waals surface area contributed by atoms with E-state index in [1.165, 1.54) is 6.20 Å². The fraction of sp³-hybridized carbons (Fsp3) is 0.409. The van der Waals surface area contributed by atoms with Gasteiger partial charge in [0.1, 0.15) is 6.10 Å². The minimum atomic E-state index is -3.30. The molecular formula is C22H22F2N4O2. The van der Waals surface area contributed by atoms with Crippen LogP contribution in [0.3, 0.4) is 0 Å². The van der Waals surface area contributed by atoms with Crippen molar-refractivity contribution in [2.45, 2.75) is 37.7 Å². The number of aliphatic hydroxyl groups excluding tert-OH is 1. The molecule has 0 unspecified atom stereocenters. The van der Waals surface area contributed by atoms with Gasteiger partial charge in [0.2, 0.25) is 0 Å². The molecule has 5 rings (SSSR count). The SMILES string of the molecule is O=C(c1cccnc1)N1CCC(C(F)(F)[C@H](O)c2c3c(cc4cn[nH]c24)CC3)CC1. The highest BCUT2D eigenvalue weighted by Gasteiger charge is 2.50. The number of amides is 1. The molecule has 30 heavy (non-hydrogen) atoms. The molecule has 0 spiro atoms. The molecule has 0 bridgehead atoms. The van der Waals surface area contributed by atoms with Crippen molar-refractivity contribution in [2.75, 3.05) is 13.1 Å². The largest absolute Gasteiger partial charge is 0.382 e. The van der Waals surface area contributed by atoms with Gasteiger partial charge in [-0.2, -0.15) is 5.10 Å². The Hall–Kier alpha value is -2.87. The van der Waals surface area contributed by atoms with Crippen molar-refractivity contribution >= 4 is 16.8 Å². The van der Waals surface area contributed by atoms with E-state index in [2.05, 4.69) is 15.2 Å². The molecule has 3 heterocycles. The summed E-state index contributed by atoms with van der Waals surface area (Å²) in [6, 6.07) is 5.30. The molecule has 156 valence electrons. The molecule has 1 aliphatic carbocycles. The van der Waals surface area contributed by atoms with Crippen LogP contribution in [0.5, 0.6) is 0 Å². The molecule has 2 aromatic heterocycles. The minimum absolute atomic E-state index is 0.136. The number of halogens is 2. The second-order valence-electron chi connectivity index (χ2n) is 8.15. The van der Waals surface area contributed by atoms with E-state index in [-0.39, 0.29) is 37.4 Å². The maximum Gasteiger partial charge on any atom is 0.280 e. The number of nitrogens with zero attached hydrogens (tertiary/aromatic N) is 3. The average Bonchev–Trinajstić information content (AvgIpc) is 3.23. The van der Waals surface area contributed by atoms with Gasteiger partial charge >= 0.3 is 0 Å². The third-order valence-electron chi connectivity index (χ3n) is 6.50. The molecule has 6 nitrogen and oxygen atoms in total. The molecule has 1 amide bonds. The summed E-state index contributed by atoms with van der Waals surface area (Å²) in [7, 11) is 0. The van der Waals surface area contributed by atoms with Gasteiger partial charge in [0, 0.05) is 42.4 Å². The second-order valence-corrected chi connectivity index (χ2v) is 8.15. The van der Waals surface area contributed by atoms with Crippen molar-refractivity contribution < 1.29 is 18.7 Å². The lowest BCUT2D eigenvalue weighted by Gasteiger charge is -2.38. The Morgan fingerprint density at radius 2 is 2.07 bits per heavy atom. The molecule has 2 N–H and O–H groups in total. The number of carbonyl (C=O) groups is 1. The van der Waals surface area contributed by atoms with Crippen LogP contribution in [-0.4, -0.2) is 50.1 Å². The summed E-state index contributed by atoms with van der Waals surface area (Å²) in [6.07, 6.45) is 4.55. The van der Waals surface area contributed by atoms with E-state index in [0.29, 0.717) is 17.5 Å². The van der Waals surface area contributed by atoms with Gasteiger partial charge in [-0.3, -0.25) is 14.9 Å². The third-order valence-corrected chi connectivity index (χ3v) is 6.50. The molecule has 2 aliphatic rings. The fourth-order valence-corrected chi connectivity index (χ4v) is 4.68. The fourth-order valence-electron chi connectivity index (χ4n) is 4.68. The lowest BCUT2D eigenvalue weighted by Crippen LogP contribution is -2.45. The second kappa shape index (κ2) is 7.12. The molecular weight excluding hydrogens is 390 g/mol. The summed E-state index contributed by atoms with van der Waals surface area (Å²) in [5.41, 5.74) is 3.04. The first kappa shape index (κ1) is 19.1. The summed E-state index contributed by atoms with van der Waals surface area (Å²) in [6.45, 7) is 0.458. The van der Waals surface area contributed by atoms with Crippen LogP contribution in [-0.2, 0) is 12.8 Å². The van der Waals surface area contributed by atoms with Crippen LogP contribution in [0.15, 0.2) is 36.8 Å². The van der Waals surface area contributed by atoms with Crippen molar-refractivity contribution in [1.82, 2.24) is 20.1 Å². The molecule has 1 aromatic carbocycles. The number of hydrogen-bond acceptors (Lipinski definition) is 4. The number of aromatic nitrogens is 3. The lowest BCUT2D eigenvalue weighted by molar-refractivity contribution is -0.159. The number of aryl methyl sites for hydroxylation is 1. The van der Waals surface area contributed by atoms with E-state index < -0.39 is 17.9 Å². The van der Waals surface area contributed by atoms with Crippen LogP contribution in [0.2, 0.25) is 0 Å². The summed E-state index contributed by atoms with van der Waals surface area (Å²) in [5.74, 6) is -4.50. The number of aliphatic hydroxyl groups is 1. The first-order valence-electron chi connectivity index (χ1n) is 10.2. The zero-order valence-corrected chi connectivity index (χ0v) is 16.3. The van der Waals surface area contributed by atoms with E-state index >= 15 is 8.78 Å². The van der Waals surface area contributed by atoms with Gasteiger partial charge in [0.25, 0.3) is 11.8 Å². The van der Waals surface area contributed by atoms with Gasteiger partial charge in [0.15, 0.2) is 0 Å².